The van der Waals surface area contributed by atoms with Crippen LogP contribution < -0.4 is 4.31 Å². The van der Waals surface area contributed by atoms with Gasteiger partial charge in [-0.3, -0.25) is 9.30 Å². The molecule has 3 aromatic rings. The molecular weight excluding hydrogens is 581 g/mol. The van der Waals surface area contributed by atoms with Crippen LogP contribution in [0, 0.1) is 0 Å². The fraction of sp³-hybridized carbons (Fsp3) is 0.370. The number of nitrogens with one attached hydrogen (secondary N) is 1. The van der Waals surface area contributed by atoms with E-state index in [9.17, 15) is 36.3 Å². The van der Waals surface area contributed by atoms with Gasteiger partial charge in [0.2, 0.25) is 0 Å². The zero-order valence-corrected chi connectivity index (χ0v) is 23.8. The fourth-order valence-electron chi connectivity index (χ4n) is 5.59. The van der Waals surface area contributed by atoms with Gasteiger partial charge in [0.05, 0.1) is 46.9 Å². The number of benzene rings is 2. The van der Waals surface area contributed by atoms with E-state index in [4.69, 9.17) is 0 Å². The van der Waals surface area contributed by atoms with Crippen molar-refractivity contribution in [1.29, 1.82) is 0 Å². The number of H-pyrrole nitrogens is 1. The molecule has 1 saturated heterocycles. The number of imide groups is 1. The van der Waals surface area contributed by atoms with Crippen LogP contribution in [0.4, 0.5) is 23.7 Å². The number of likely N-dealkylation sites (tertiary alicyclic amines) is 1. The van der Waals surface area contributed by atoms with Gasteiger partial charge in [0.25, 0.3) is 10.0 Å². The summed E-state index contributed by atoms with van der Waals surface area (Å²) in [5, 5.41) is 10.8. The molecule has 2 aliphatic rings. The Kier molecular flexibility index (Phi) is 7.45. The number of nitrogens with zero attached hydrogens (tertiary/aromatic N) is 3. The van der Waals surface area contributed by atoms with E-state index in [1.807, 2.05) is 0 Å². The maximum absolute atomic E-state index is 13.6. The number of aromatic nitrogens is 1. The van der Waals surface area contributed by atoms with E-state index in [0.717, 1.165) is 22.5 Å². The van der Waals surface area contributed by atoms with Crippen molar-refractivity contribution < 1.29 is 40.8 Å². The topological polar surface area (TPSA) is 120 Å². The average Bonchev–Trinajstić information content (AvgIpc) is 3.65. The quantitative estimate of drug-likeness (QED) is 0.358. The first kappa shape index (κ1) is 29.1. The van der Waals surface area contributed by atoms with E-state index in [-0.39, 0.29) is 35.9 Å². The van der Waals surface area contributed by atoms with E-state index >= 15 is 0 Å². The van der Waals surface area contributed by atoms with Crippen LogP contribution in [0.5, 0.6) is 0 Å². The van der Waals surface area contributed by atoms with Crippen LogP contribution in [0.15, 0.2) is 58.4 Å². The number of anilines is 1. The molecule has 0 aliphatic carbocycles. The third kappa shape index (κ3) is 5.01. The number of rotatable bonds is 6. The summed E-state index contributed by atoms with van der Waals surface area (Å²) in [5.74, 6) is -0.346. The number of thioether (sulfide) groups is 1. The highest BCUT2D eigenvalue weighted by molar-refractivity contribution is 8.15. The molecule has 14 heteroatoms. The molecule has 1 fully saturated rings. The van der Waals surface area contributed by atoms with Gasteiger partial charge in [-0.2, -0.15) is 22.4 Å². The van der Waals surface area contributed by atoms with Gasteiger partial charge in [-0.15, -0.1) is 0 Å². The number of quaternary nitrogens is 1. The molecule has 218 valence electrons. The largest absolute Gasteiger partial charge is 0.521 e. The lowest BCUT2D eigenvalue weighted by molar-refractivity contribution is -0.792. The van der Waals surface area contributed by atoms with E-state index in [0.29, 0.717) is 41.0 Å². The smallest absolute Gasteiger partial charge is 0.435 e. The maximum atomic E-state index is 13.6. The minimum absolute atomic E-state index is 0.0411. The summed E-state index contributed by atoms with van der Waals surface area (Å²) in [5.41, 5.74) is -0.150. The van der Waals surface area contributed by atoms with Gasteiger partial charge in [0.15, 0.2) is 0 Å². The highest BCUT2D eigenvalue weighted by atomic mass is 32.2. The number of aromatic amines is 1. The molecular formula is C27H28F3N4O5S2+. The number of aliphatic imine (C=N–C) groups is 1. The van der Waals surface area contributed by atoms with E-state index < -0.39 is 37.2 Å². The van der Waals surface area contributed by atoms with E-state index in [1.54, 1.807) is 25.1 Å². The number of carboxylic acid groups (broad SMARTS) is 1. The molecule has 2 amide bonds. The van der Waals surface area contributed by atoms with Crippen LogP contribution in [-0.4, -0.2) is 71.5 Å². The summed E-state index contributed by atoms with van der Waals surface area (Å²) in [7, 11) is -3.39. The van der Waals surface area contributed by atoms with Gasteiger partial charge in [-0.05, 0) is 31.2 Å². The molecule has 0 radical (unpaired) electrons. The van der Waals surface area contributed by atoms with Gasteiger partial charge in [-0.25, -0.2) is 13.2 Å². The van der Waals surface area contributed by atoms with Gasteiger partial charge in [0, 0.05) is 30.5 Å². The Balaban J connectivity index is 1.39. The van der Waals surface area contributed by atoms with Gasteiger partial charge >= 0.3 is 18.2 Å². The Hall–Kier alpha value is -3.36. The van der Waals surface area contributed by atoms with Crippen LogP contribution in [0.3, 0.4) is 0 Å². The zero-order valence-electron chi connectivity index (χ0n) is 22.2. The Morgan fingerprint density at radius 3 is 2.59 bits per heavy atom. The molecule has 0 saturated carbocycles. The van der Waals surface area contributed by atoms with Gasteiger partial charge in [0.1, 0.15) is 11.1 Å². The zero-order chi connectivity index (χ0) is 29.7. The summed E-state index contributed by atoms with van der Waals surface area (Å²) in [6, 6.07) is 10.3. The molecule has 0 spiro atoms. The molecule has 2 unspecified atom stereocenters. The second-order valence-electron chi connectivity index (χ2n) is 10.2. The lowest BCUT2D eigenvalue weighted by Crippen LogP contribution is -2.59. The lowest BCUT2D eigenvalue weighted by atomic mass is 10.2. The van der Waals surface area contributed by atoms with Gasteiger partial charge < -0.3 is 10.1 Å². The predicted octanol–water partition coefficient (Wildman–Crippen LogP) is 5.47. The number of fused-ring (bicyclic) bond motifs is 1. The van der Waals surface area contributed by atoms with E-state index in [2.05, 4.69) is 9.98 Å². The molecule has 3 heterocycles. The molecule has 5 rings (SSSR count). The normalized spacial score (nSPS) is 23.1. The summed E-state index contributed by atoms with van der Waals surface area (Å²) >= 11 is 1.34. The number of alkyl halides is 3. The first-order valence-corrected chi connectivity index (χ1v) is 15.2. The number of sulfonamides is 1. The Bertz CT molecular complexity index is 1670. The van der Waals surface area contributed by atoms with Crippen molar-refractivity contribution in [2.45, 2.75) is 48.5 Å². The SMILES string of the molecule is C[C@@H]1CCC[N+]1(C(=O)O)C(=O)CC1CN=C(c2cc3cccc(N(C)S(=O)(=O)c4ccccc4C(F)(F)F)c3[nH]2)S1. The molecule has 9 nitrogen and oxygen atoms in total. The van der Waals surface area contributed by atoms with Crippen LogP contribution >= 0.6 is 11.8 Å². The molecule has 2 aromatic carbocycles. The standard InChI is InChI=1S/C27H27F3N4O5S2/c1-16-7-6-12-34(16,26(36)37)23(35)14-18-15-31-25(40-18)20-13-17-8-5-10-21(24(17)32-20)33(2)41(38,39)22-11-4-3-9-19(22)27(28,29)30/h3-5,8-11,13,16,18H,6-7,12,14-15H2,1-2H3,(H-,31,32,36,37)/p+1/t16-,18?,34?/m1/s1. The van der Waals surface area contributed by atoms with Crippen molar-refractivity contribution in [3.63, 3.8) is 0 Å². The van der Waals surface area contributed by atoms with Crippen molar-refractivity contribution in [3.8, 4) is 0 Å². The summed E-state index contributed by atoms with van der Waals surface area (Å²) in [6.45, 7) is 2.36. The molecule has 1 aromatic heterocycles. The molecule has 2 aliphatic heterocycles. The highest BCUT2D eigenvalue weighted by Crippen LogP contribution is 2.38. The van der Waals surface area contributed by atoms with Crippen LogP contribution in [0.1, 0.15) is 37.4 Å². The van der Waals surface area contributed by atoms with E-state index in [1.165, 1.54) is 30.9 Å². The second-order valence-corrected chi connectivity index (χ2v) is 13.5. The van der Waals surface area contributed by atoms with Crippen LogP contribution in [-0.2, 0) is 21.0 Å². The Morgan fingerprint density at radius 1 is 1.20 bits per heavy atom. The van der Waals surface area contributed by atoms with Crippen molar-refractivity contribution in [2.75, 3.05) is 24.4 Å². The van der Waals surface area contributed by atoms with Crippen molar-refractivity contribution in [2.24, 2.45) is 4.99 Å². The van der Waals surface area contributed by atoms with Gasteiger partial charge in [-0.1, -0.05) is 36.0 Å². The third-order valence-corrected chi connectivity index (χ3v) is 10.9. The summed E-state index contributed by atoms with van der Waals surface area (Å²) in [4.78, 5) is 32.1. The number of amides is 2. The first-order chi connectivity index (χ1) is 19.3. The second kappa shape index (κ2) is 10.5. The minimum Gasteiger partial charge on any atom is -0.435 e. The van der Waals surface area contributed by atoms with Crippen molar-refractivity contribution in [1.82, 2.24) is 4.98 Å². The highest BCUT2D eigenvalue weighted by Gasteiger charge is 2.53. The molecule has 2 N–H and O–H groups in total. The summed E-state index contributed by atoms with van der Waals surface area (Å²) < 4.78 is 67.8. The van der Waals surface area contributed by atoms with Crippen LogP contribution in [0.25, 0.3) is 10.9 Å². The minimum atomic E-state index is -4.86. The first-order valence-electron chi connectivity index (χ1n) is 12.9. The maximum Gasteiger partial charge on any atom is 0.521 e. The monoisotopic (exact) mass is 609 g/mol. The number of hydrogen-bond donors (Lipinski definition) is 2. The molecule has 41 heavy (non-hydrogen) atoms. The molecule has 0 bridgehead atoms. The predicted molar refractivity (Wildman–Crippen MR) is 150 cm³/mol. The number of carbonyl (C=O) groups is 2. The molecule has 3 atom stereocenters. The lowest BCUT2D eigenvalue weighted by Gasteiger charge is -2.30. The fourth-order valence-corrected chi connectivity index (χ4v) is 8.08. The van der Waals surface area contributed by atoms with Crippen molar-refractivity contribution >= 4 is 55.4 Å². The third-order valence-electron chi connectivity index (χ3n) is 7.83. The Labute approximate surface area is 238 Å². The van der Waals surface area contributed by atoms with Crippen molar-refractivity contribution in [3.05, 3.63) is 59.8 Å². The number of carbonyl (C=O) groups excluding carboxylic acids is 1. The summed E-state index contributed by atoms with van der Waals surface area (Å²) in [6.07, 6.45) is -4.61. The number of hydrogen-bond acceptors (Lipinski definition) is 6. The number of para-hydroxylation sites is 1. The average molecular weight is 610 g/mol. The number of halogens is 3. The Morgan fingerprint density at radius 2 is 1.93 bits per heavy atom. The van der Waals surface area contributed by atoms with Crippen LogP contribution in [0.2, 0.25) is 0 Å².